The molecular weight excluding hydrogens is 230 g/mol. The van der Waals surface area contributed by atoms with Crippen LogP contribution in [0.25, 0.3) is 5.57 Å². The Morgan fingerprint density at radius 2 is 1.79 bits per heavy atom. The molecule has 0 amide bonds. The first kappa shape index (κ1) is 13.8. The summed E-state index contributed by atoms with van der Waals surface area (Å²) in [6.07, 6.45) is 5.36. The summed E-state index contributed by atoms with van der Waals surface area (Å²) in [5.74, 6) is 0. The van der Waals surface area contributed by atoms with Crippen LogP contribution in [0.1, 0.15) is 52.2 Å². The molecular formula is C18H23N. The van der Waals surface area contributed by atoms with Gasteiger partial charge in [-0.05, 0) is 63.3 Å². The van der Waals surface area contributed by atoms with E-state index in [4.69, 9.17) is 0 Å². The highest BCUT2D eigenvalue weighted by molar-refractivity contribution is 5.90. The molecule has 0 N–H and O–H groups in total. The Morgan fingerprint density at radius 1 is 1.11 bits per heavy atom. The number of allylic oxidation sites excluding steroid dienone is 4. The Kier molecular flexibility index (Phi) is 3.75. The molecule has 2 rings (SSSR count). The van der Waals surface area contributed by atoms with Gasteiger partial charge in [-0.2, -0.15) is 0 Å². The minimum atomic E-state index is -0.0274. The molecule has 0 atom stereocenters. The summed E-state index contributed by atoms with van der Waals surface area (Å²) >= 11 is 0. The van der Waals surface area contributed by atoms with E-state index in [1.165, 1.54) is 27.8 Å². The van der Waals surface area contributed by atoms with Crippen molar-refractivity contribution in [3.63, 3.8) is 0 Å². The van der Waals surface area contributed by atoms with Crippen LogP contribution < -0.4 is 0 Å². The number of hydrogen-bond donors (Lipinski definition) is 0. The molecule has 0 saturated carbocycles. The van der Waals surface area contributed by atoms with Gasteiger partial charge in [0, 0.05) is 6.21 Å². The summed E-state index contributed by atoms with van der Waals surface area (Å²) < 4.78 is 0. The van der Waals surface area contributed by atoms with E-state index in [0.717, 1.165) is 6.42 Å². The average molecular weight is 253 g/mol. The van der Waals surface area contributed by atoms with Gasteiger partial charge in [-0.1, -0.05) is 35.9 Å². The maximum atomic E-state index is 4.64. The predicted octanol–water partition coefficient (Wildman–Crippen LogP) is 5.03. The van der Waals surface area contributed by atoms with Crippen LogP contribution in [0.15, 0.2) is 46.5 Å². The normalized spacial score (nSPS) is 16.4. The van der Waals surface area contributed by atoms with Gasteiger partial charge < -0.3 is 0 Å². The molecule has 1 nitrogen and oxygen atoms in total. The minimum Gasteiger partial charge on any atom is -0.287 e. The molecule has 1 aliphatic rings. The molecule has 0 heterocycles. The van der Waals surface area contributed by atoms with Crippen LogP contribution in [0.5, 0.6) is 0 Å². The lowest BCUT2D eigenvalue weighted by molar-refractivity contribution is 0.586. The van der Waals surface area contributed by atoms with Crippen molar-refractivity contribution in [2.24, 2.45) is 4.99 Å². The average Bonchev–Trinajstić information content (AvgIpc) is 2.65. The Morgan fingerprint density at radius 3 is 2.37 bits per heavy atom. The number of rotatable bonds is 2. The monoisotopic (exact) mass is 253 g/mol. The van der Waals surface area contributed by atoms with Gasteiger partial charge in [-0.15, -0.1) is 0 Å². The molecule has 1 aromatic rings. The molecule has 0 bridgehead atoms. The van der Waals surface area contributed by atoms with E-state index in [1.54, 1.807) is 0 Å². The second kappa shape index (κ2) is 5.16. The quantitative estimate of drug-likeness (QED) is 0.656. The molecule has 0 aromatic heterocycles. The van der Waals surface area contributed by atoms with Crippen LogP contribution in [-0.2, 0) is 0 Å². The van der Waals surface area contributed by atoms with Crippen molar-refractivity contribution in [3.05, 3.63) is 52.6 Å². The standard InChI is InChI=1S/C18H23N/c1-13-10-14(2)17(11-13)16-9-7-6-8-15(16)12-19-18(3,4)5/h6-10,12H,11H2,1-5H3. The largest absolute Gasteiger partial charge is 0.287 e. The van der Waals surface area contributed by atoms with Crippen LogP contribution in [0.3, 0.4) is 0 Å². The summed E-state index contributed by atoms with van der Waals surface area (Å²) in [5, 5.41) is 0. The molecule has 0 fully saturated rings. The van der Waals surface area contributed by atoms with Gasteiger partial charge in [-0.3, -0.25) is 4.99 Å². The number of benzene rings is 1. The SMILES string of the molecule is CC1=CC(C)=C(c2ccccc2C=NC(C)(C)C)C1. The van der Waals surface area contributed by atoms with Crippen molar-refractivity contribution in [1.82, 2.24) is 0 Å². The van der Waals surface area contributed by atoms with Crippen LogP contribution >= 0.6 is 0 Å². The number of hydrogen-bond acceptors (Lipinski definition) is 1. The third kappa shape index (κ3) is 3.44. The van der Waals surface area contributed by atoms with Crippen LogP contribution in [-0.4, -0.2) is 11.8 Å². The molecule has 0 aliphatic heterocycles. The predicted molar refractivity (Wildman–Crippen MR) is 84.8 cm³/mol. The van der Waals surface area contributed by atoms with Crippen molar-refractivity contribution in [2.75, 3.05) is 0 Å². The number of nitrogens with zero attached hydrogens (tertiary/aromatic N) is 1. The first-order chi connectivity index (χ1) is 8.87. The zero-order valence-corrected chi connectivity index (χ0v) is 12.6. The second-order valence-electron chi connectivity index (χ2n) is 6.35. The van der Waals surface area contributed by atoms with Gasteiger partial charge in [0.25, 0.3) is 0 Å². The van der Waals surface area contributed by atoms with E-state index in [9.17, 15) is 0 Å². The molecule has 1 aliphatic carbocycles. The van der Waals surface area contributed by atoms with E-state index in [2.05, 4.69) is 70.0 Å². The van der Waals surface area contributed by atoms with E-state index in [-0.39, 0.29) is 5.54 Å². The third-order valence-corrected chi connectivity index (χ3v) is 3.27. The molecule has 0 saturated heterocycles. The third-order valence-electron chi connectivity index (χ3n) is 3.27. The van der Waals surface area contributed by atoms with Gasteiger partial charge in [0.2, 0.25) is 0 Å². The van der Waals surface area contributed by atoms with Gasteiger partial charge in [0.05, 0.1) is 5.54 Å². The summed E-state index contributed by atoms with van der Waals surface area (Å²) in [6.45, 7) is 10.8. The smallest absolute Gasteiger partial charge is 0.0524 e. The van der Waals surface area contributed by atoms with Crippen LogP contribution in [0.4, 0.5) is 0 Å². The maximum absolute atomic E-state index is 4.64. The molecule has 0 radical (unpaired) electrons. The fraction of sp³-hybridized carbons (Fsp3) is 0.389. The maximum Gasteiger partial charge on any atom is 0.0524 e. The molecule has 1 heteroatoms. The van der Waals surface area contributed by atoms with Gasteiger partial charge in [-0.25, -0.2) is 0 Å². The van der Waals surface area contributed by atoms with Crippen molar-refractivity contribution < 1.29 is 0 Å². The summed E-state index contributed by atoms with van der Waals surface area (Å²) in [5.41, 5.74) is 6.77. The molecule has 0 unspecified atom stereocenters. The molecule has 1 aromatic carbocycles. The summed E-state index contributed by atoms with van der Waals surface area (Å²) in [7, 11) is 0. The van der Waals surface area contributed by atoms with E-state index in [0.29, 0.717) is 0 Å². The Bertz CT molecular complexity index is 566. The summed E-state index contributed by atoms with van der Waals surface area (Å²) in [6, 6.07) is 8.55. The first-order valence-electron chi connectivity index (χ1n) is 6.88. The van der Waals surface area contributed by atoms with Crippen molar-refractivity contribution in [1.29, 1.82) is 0 Å². The lowest BCUT2D eigenvalue weighted by Gasteiger charge is -2.13. The molecule has 19 heavy (non-hydrogen) atoms. The van der Waals surface area contributed by atoms with Crippen LogP contribution in [0.2, 0.25) is 0 Å². The van der Waals surface area contributed by atoms with Crippen molar-refractivity contribution >= 4 is 11.8 Å². The van der Waals surface area contributed by atoms with E-state index in [1.807, 2.05) is 6.21 Å². The van der Waals surface area contributed by atoms with E-state index < -0.39 is 0 Å². The molecule has 0 spiro atoms. The van der Waals surface area contributed by atoms with Crippen molar-refractivity contribution in [2.45, 2.75) is 46.6 Å². The Balaban J connectivity index is 2.39. The topological polar surface area (TPSA) is 12.4 Å². The van der Waals surface area contributed by atoms with Crippen LogP contribution in [0, 0.1) is 0 Å². The van der Waals surface area contributed by atoms with E-state index >= 15 is 0 Å². The zero-order chi connectivity index (χ0) is 14.0. The second-order valence-corrected chi connectivity index (χ2v) is 6.35. The highest BCUT2D eigenvalue weighted by atomic mass is 14.8. The highest BCUT2D eigenvalue weighted by Crippen LogP contribution is 2.34. The fourth-order valence-corrected chi connectivity index (χ4v) is 2.38. The lowest BCUT2D eigenvalue weighted by atomic mass is 9.96. The lowest BCUT2D eigenvalue weighted by Crippen LogP contribution is -2.10. The van der Waals surface area contributed by atoms with Crippen molar-refractivity contribution in [3.8, 4) is 0 Å². The first-order valence-corrected chi connectivity index (χ1v) is 6.88. The van der Waals surface area contributed by atoms with Gasteiger partial charge in [0.15, 0.2) is 0 Å². The minimum absolute atomic E-state index is 0.0274. The zero-order valence-electron chi connectivity index (χ0n) is 12.6. The van der Waals surface area contributed by atoms with Gasteiger partial charge in [0.1, 0.15) is 0 Å². The highest BCUT2D eigenvalue weighted by Gasteiger charge is 2.14. The van der Waals surface area contributed by atoms with Gasteiger partial charge >= 0.3 is 0 Å². The molecule has 100 valence electrons. The Hall–Kier alpha value is -1.63. The fourth-order valence-electron chi connectivity index (χ4n) is 2.38. The number of aliphatic imine (C=N–C) groups is 1. The Labute approximate surface area is 116 Å². The summed E-state index contributed by atoms with van der Waals surface area (Å²) in [4.78, 5) is 4.64.